The smallest absolute Gasteiger partial charge is 0.242 e. The highest BCUT2D eigenvalue weighted by molar-refractivity contribution is 5.93. The molecule has 1 fully saturated rings. The topological polar surface area (TPSA) is 137 Å². The number of nitrogens with zero attached hydrogens (tertiary/aromatic N) is 1. The van der Waals surface area contributed by atoms with Crippen LogP contribution in [0.1, 0.15) is 18.1 Å². The number of carbonyl (C=O) groups is 3. The molecule has 1 aliphatic rings. The van der Waals surface area contributed by atoms with Crippen molar-refractivity contribution in [2.45, 2.75) is 31.5 Å². The van der Waals surface area contributed by atoms with Gasteiger partial charge in [0.1, 0.15) is 13.2 Å². The Bertz CT molecular complexity index is 1060. The van der Waals surface area contributed by atoms with Crippen LogP contribution < -0.4 is 21.7 Å². The zero-order chi connectivity index (χ0) is 26.6. The van der Waals surface area contributed by atoms with Gasteiger partial charge >= 0.3 is 0 Å². The Morgan fingerprint density at radius 3 is 2.67 bits per heavy atom. The normalized spacial score (nSPS) is 18.2. The maximum atomic E-state index is 12.9. The van der Waals surface area contributed by atoms with E-state index in [1.54, 1.807) is 12.1 Å². The lowest BCUT2D eigenvalue weighted by molar-refractivity contribution is -0.131. The number of hydrogen-bond donors (Lipinski definition) is 5. The summed E-state index contributed by atoms with van der Waals surface area (Å²) in [5, 5.41) is 17.9. The number of Topliss-reactive ketones (excluding diaryl/α,β-unsaturated/α-hetero) is 1. The summed E-state index contributed by atoms with van der Waals surface area (Å²) in [5.41, 5.74) is 4.05. The first-order valence-corrected chi connectivity index (χ1v) is 12.1. The summed E-state index contributed by atoms with van der Waals surface area (Å²) in [5.74, 6) is -0.983. The van der Waals surface area contributed by atoms with Crippen molar-refractivity contribution in [2.75, 3.05) is 32.7 Å². The predicted octanol–water partition coefficient (Wildman–Crippen LogP) is 0.439. The van der Waals surface area contributed by atoms with Crippen molar-refractivity contribution in [3.8, 4) is 5.75 Å². The quantitative estimate of drug-likeness (QED) is 0.289. The van der Waals surface area contributed by atoms with E-state index in [0.717, 1.165) is 24.2 Å². The number of piperazine rings is 1. The number of ketones is 1. The fourth-order valence-electron chi connectivity index (χ4n) is 3.96. The van der Waals surface area contributed by atoms with Gasteiger partial charge in [-0.1, -0.05) is 54.6 Å². The molecule has 0 saturated carbocycles. The van der Waals surface area contributed by atoms with Crippen LogP contribution in [-0.2, 0) is 20.8 Å². The van der Waals surface area contributed by atoms with Gasteiger partial charge in [0, 0.05) is 26.2 Å². The molecule has 0 bridgehead atoms. The van der Waals surface area contributed by atoms with Crippen LogP contribution in [0.25, 0.3) is 6.08 Å². The zero-order valence-corrected chi connectivity index (χ0v) is 20.4. The van der Waals surface area contributed by atoms with Gasteiger partial charge in [-0.3, -0.25) is 19.3 Å². The van der Waals surface area contributed by atoms with E-state index in [4.69, 9.17) is 1.41 Å². The summed E-state index contributed by atoms with van der Waals surface area (Å²) < 4.78 is 7.48. The first kappa shape index (κ1) is 25.6. The molecule has 0 aromatic heterocycles. The second-order valence-corrected chi connectivity index (χ2v) is 8.87. The summed E-state index contributed by atoms with van der Waals surface area (Å²) in [6, 6.07) is 14.2. The van der Waals surface area contributed by atoms with Crippen LogP contribution in [0.15, 0.2) is 60.7 Å². The Kier molecular flexibility index (Phi) is 9.61. The number of amides is 2. The maximum absolute atomic E-state index is 12.9. The molecule has 2 amide bonds. The number of nitrogens with one attached hydrogen (secondary N) is 3. The Morgan fingerprint density at radius 1 is 1.19 bits per heavy atom. The van der Waals surface area contributed by atoms with Crippen molar-refractivity contribution in [2.24, 2.45) is 5.73 Å². The Morgan fingerprint density at radius 2 is 1.94 bits per heavy atom. The van der Waals surface area contributed by atoms with E-state index < -0.39 is 23.9 Å². The largest absolute Gasteiger partial charge is 0.508 e. The average Bonchev–Trinajstić information content (AvgIpc) is 2.92. The van der Waals surface area contributed by atoms with Gasteiger partial charge in [-0.15, -0.1) is 0 Å². The molecule has 6 N–H and O–H groups in total. The Labute approximate surface area is 213 Å². The van der Waals surface area contributed by atoms with Crippen LogP contribution in [0.2, 0.25) is 1.41 Å². The highest BCUT2D eigenvalue weighted by Gasteiger charge is 2.28. The predicted molar refractivity (Wildman–Crippen MR) is 139 cm³/mol. The van der Waals surface area contributed by atoms with E-state index in [0.29, 0.717) is 13.1 Å². The van der Waals surface area contributed by atoms with Crippen molar-refractivity contribution in [1.82, 2.24) is 20.9 Å². The monoisotopic (exact) mass is 494 g/mol. The molecule has 0 aliphatic carbocycles. The molecule has 192 valence electrons. The van der Waals surface area contributed by atoms with Gasteiger partial charge in [-0.25, -0.2) is 0 Å². The van der Waals surface area contributed by atoms with E-state index in [9.17, 15) is 19.5 Å². The molecule has 1 heterocycles. The lowest BCUT2D eigenvalue weighted by atomic mass is 10.1. The SMILES string of the molecule is [2H]N[C@@H](Cc1ccc(O)cc1)C(=O)N[C@@H](C)C(=O)NCC(=O)C1CNCCN1CC=Cc1ccccc1. The molecular formula is C27H35N5O4. The van der Waals surface area contributed by atoms with E-state index in [1.165, 1.54) is 19.1 Å². The van der Waals surface area contributed by atoms with Gasteiger partial charge in [-0.2, -0.15) is 0 Å². The van der Waals surface area contributed by atoms with E-state index >= 15 is 0 Å². The molecule has 2 aromatic carbocycles. The van der Waals surface area contributed by atoms with Gasteiger partial charge < -0.3 is 26.8 Å². The van der Waals surface area contributed by atoms with Crippen LogP contribution in [-0.4, -0.2) is 78.5 Å². The third kappa shape index (κ3) is 8.30. The van der Waals surface area contributed by atoms with Crippen molar-refractivity contribution in [3.63, 3.8) is 0 Å². The number of benzene rings is 2. The van der Waals surface area contributed by atoms with Gasteiger partial charge in [-0.05, 0) is 36.6 Å². The molecular weight excluding hydrogens is 458 g/mol. The molecule has 9 heteroatoms. The number of nitrogens with two attached hydrogens (primary N) is 1. The van der Waals surface area contributed by atoms with E-state index in [1.807, 2.05) is 42.5 Å². The van der Waals surface area contributed by atoms with Crippen molar-refractivity contribution >= 4 is 23.7 Å². The number of carbonyl (C=O) groups excluding carboxylic acids is 3. The molecule has 9 nitrogen and oxygen atoms in total. The van der Waals surface area contributed by atoms with Crippen LogP contribution in [0.4, 0.5) is 0 Å². The van der Waals surface area contributed by atoms with Crippen LogP contribution >= 0.6 is 0 Å². The summed E-state index contributed by atoms with van der Waals surface area (Å²) in [6.45, 7) is 4.02. The van der Waals surface area contributed by atoms with E-state index in [2.05, 4.69) is 26.6 Å². The van der Waals surface area contributed by atoms with E-state index in [-0.39, 0.29) is 30.5 Å². The Balaban J connectivity index is 1.46. The lowest BCUT2D eigenvalue weighted by Crippen LogP contribution is -2.57. The van der Waals surface area contributed by atoms with Gasteiger partial charge in [0.2, 0.25) is 11.8 Å². The maximum Gasteiger partial charge on any atom is 0.242 e. The second-order valence-electron chi connectivity index (χ2n) is 8.87. The molecule has 0 radical (unpaired) electrons. The number of hydrogen-bond acceptors (Lipinski definition) is 7. The third-order valence-corrected chi connectivity index (χ3v) is 6.06. The number of phenolic OH excluding ortho intramolecular Hbond substituents is 1. The van der Waals surface area contributed by atoms with Crippen molar-refractivity contribution in [1.29, 1.82) is 0 Å². The van der Waals surface area contributed by atoms with Crippen LogP contribution in [0.3, 0.4) is 0 Å². The summed E-state index contributed by atoms with van der Waals surface area (Å²) >= 11 is 0. The highest BCUT2D eigenvalue weighted by Crippen LogP contribution is 2.11. The Hall–Kier alpha value is -3.53. The molecule has 1 unspecified atom stereocenters. The first-order chi connectivity index (χ1) is 17.9. The summed E-state index contributed by atoms with van der Waals surface area (Å²) in [7, 11) is 0. The zero-order valence-electron chi connectivity index (χ0n) is 21.4. The van der Waals surface area contributed by atoms with Gasteiger partial charge in [0.15, 0.2) is 5.78 Å². The third-order valence-electron chi connectivity index (χ3n) is 6.06. The summed E-state index contributed by atoms with van der Waals surface area (Å²) in [6.07, 6.45) is 4.27. The van der Waals surface area contributed by atoms with Gasteiger partial charge in [0.05, 0.1) is 18.6 Å². The standard InChI is InChI=1S/C27H35N5O4/c1-19(31-27(36)23(28)16-21-9-11-22(33)12-10-21)26(35)30-18-25(34)24-17-29-13-15-32(24)14-5-8-20-6-3-2-4-7-20/h2-12,19,23-24,29,33H,13-18,28H2,1H3,(H,30,35)(H,31,36)/t19-,23-,24?/m0/s1/i/hD. The minimum atomic E-state index is -0.884. The minimum absolute atomic E-state index is 0.106. The lowest BCUT2D eigenvalue weighted by Gasteiger charge is -2.34. The molecule has 2 aromatic rings. The fourth-order valence-corrected chi connectivity index (χ4v) is 3.96. The highest BCUT2D eigenvalue weighted by atomic mass is 16.3. The molecule has 36 heavy (non-hydrogen) atoms. The van der Waals surface area contributed by atoms with Crippen LogP contribution in [0, 0.1) is 0 Å². The molecule has 1 saturated heterocycles. The molecule has 3 rings (SSSR count). The second kappa shape index (κ2) is 13.5. The van der Waals surface area contributed by atoms with Crippen LogP contribution in [0.5, 0.6) is 5.75 Å². The minimum Gasteiger partial charge on any atom is -0.508 e. The number of phenols is 1. The molecule has 3 atom stereocenters. The fraction of sp³-hybridized carbons (Fsp3) is 0.370. The molecule has 1 aliphatic heterocycles. The number of rotatable bonds is 12. The number of aromatic hydroxyl groups is 1. The van der Waals surface area contributed by atoms with Gasteiger partial charge in [0.25, 0.3) is 0 Å². The first-order valence-electron chi connectivity index (χ1n) is 12.6. The van der Waals surface area contributed by atoms with Crippen molar-refractivity contribution < 1.29 is 20.9 Å². The van der Waals surface area contributed by atoms with Crippen molar-refractivity contribution in [3.05, 3.63) is 71.8 Å². The average molecular weight is 495 g/mol. The summed E-state index contributed by atoms with van der Waals surface area (Å²) in [4.78, 5) is 40.1. The molecule has 0 spiro atoms.